The Hall–Kier alpha value is -3.14. The van der Waals surface area contributed by atoms with Crippen LogP contribution in [0.4, 0.5) is 11.4 Å². The van der Waals surface area contributed by atoms with Crippen molar-refractivity contribution < 1.29 is 22.7 Å². The van der Waals surface area contributed by atoms with E-state index in [1.165, 1.54) is 36.5 Å². The van der Waals surface area contributed by atoms with E-state index in [2.05, 4.69) is 15.0 Å². The van der Waals surface area contributed by atoms with Crippen molar-refractivity contribution in [2.75, 3.05) is 16.6 Å². The summed E-state index contributed by atoms with van der Waals surface area (Å²) in [6.07, 6.45) is 1.23. The Labute approximate surface area is 193 Å². The van der Waals surface area contributed by atoms with Gasteiger partial charge in [-0.15, -0.1) is 0 Å². The molecular weight excluding hydrogens is 477 g/mol. The monoisotopic (exact) mass is 491 g/mol. The van der Waals surface area contributed by atoms with E-state index in [1.54, 1.807) is 19.1 Å². The SMILES string of the molecule is Cc1cc(S(=O)(=O)Nc2cc(Cl)cnc2C(=O)c2cccc3c2OCC(=O)N3)ccc1Cl. The molecule has 0 radical (unpaired) electrons. The van der Waals surface area contributed by atoms with Gasteiger partial charge in [-0.25, -0.2) is 13.4 Å². The molecule has 2 aromatic carbocycles. The highest BCUT2D eigenvalue weighted by atomic mass is 35.5. The fraction of sp³-hybridized carbons (Fsp3) is 0.0952. The normalized spacial score (nSPS) is 13.0. The number of amides is 1. The molecule has 1 aliphatic rings. The van der Waals surface area contributed by atoms with Gasteiger partial charge in [-0.3, -0.25) is 14.3 Å². The van der Waals surface area contributed by atoms with Crippen LogP contribution in [0.25, 0.3) is 0 Å². The van der Waals surface area contributed by atoms with Gasteiger partial charge in [0.15, 0.2) is 12.4 Å². The average Bonchev–Trinajstić information content (AvgIpc) is 2.74. The number of nitrogens with one attached hydrogen (secondary N) is 2. The number of anilines is 2. The summed E-state index contributed by atoms with van der Waals surface area (Å²) in [5.74, 6) is -0.783. The second-order valence-electron chi connectivity index (χ2n) is 6.91. The lowest BCUT2D eigenvalue weighted by molar-refractivity contribution is -0.118. The number of pyridine rings is 1. The van der Waals surface area contributed by atoms with Gasteiger partial charge in [-0.1, -0.05) is 29.3 Å². The predicted octanol–water partition coefficient (Wildman–Crippen LogP) is 4.06. The molecule has 11 heteroatoms. The van der Waals surface area contributed by atoms with Crippen molar-refractivity contribution in [2.24, 2.45) is 0 Å². The molecule has 0 fully saturated rings. The van der Waals surface area contributed by atoms with Gasteiger partial charge in [-0.05, 0) is 48.9 Å². The van der Waals surface area contributed by atoms with Crippen molar-refractivity contribution in [1.82, 2.24) is 4.98 Å². The van der Waals surface area contributed by atoms with Gasteiger partial charge in [0.05, 0.1) is 26.9 Å². The van der Waals surface area contributed by atoms with Gasteiger partial charge >= 0.3 is 0 Å². The number of fused-ring (bicyclic) bond motifs is 1. The van der Waals surface area contributed by atoms with E-state index in [-0.39, 0.29) is 45.1 Å². The number of halogens is 2. The molecule has 2 N–H and O–H groups in total. The number of carbonyl (C=O) groups is 2. The Balaban J connectivity index is 1.75. The molecule has 1 aliphatic heterocycles. The van der Waals surface area contributed by atoms with Crippen LogP contribution in [0, 0.1) is 6.92 Å². The molecule has 0 bridgehead atoms. The third-order valence-electron chi connectivity index (χ3n) is 4.63. The standard InChI is InChI=1S/C21H15Cl2N3O5S/c1-11-7-13(5-6-15(11)23)32(29,30)26-17-8-12(22)9-24-19(17)20(28)14-3-2-4-16-21(14)31-10-18(27)25-16/h2-9,26H,10H2,1H3,(H,25,27). The van der Waals surface area contributed by atoms with Gasteiger partial charge in [0.1, 0.15) is 5.69 Å². The van der Waals surface area contributed by atoms with Crippen molar-refractivity contribution >= 4 is 56.3 Å². The topological polar surface area (TPSA) is 114 Å². The number of para-hydroxylation sites is 1. The highest BCUT2D eigenvalue weighted by molar-refractivity contribution is 7.92. The molecule has 0 unspecified atom stereocenters. The summed E-state index contributed by atoms with van der Waals surface area (Å²) >= 11 is 12.0. The van der Waals surface area contributed by atoms with Crippen molar-refractivity contribution in [1.29, 1.82) is 0 Å². The molecule has 1 amide bonds. The van der Waals surface area contributed by atoms with E-state index in [1.807, 2.05) is 0 Å². The maximum absolute atomic E-state index is 13.3. The molecule has 4 rings (SSSR count). The number of hydrogen-bond acceptors (Lipinski definition) is 6. The van der Waals surface area contributed by atoms with E-state index < -0.39 is 15.8 Å². The highest BCUT2D eigenvalue weighted by Crippen LogP contribution is 2.34. The van der Waals surface area contributed by atoms with E-state index in [4.69, 9.17) is 27.9 Å². The van der Waals surface area contributed by atoms with Crippen LogP contribution in [-0.2, 0) is 14.8 Å². The number of rotatable bonds is 5. The second-order valence-corrected chi connectivity index (χ2v) is 9.44. The lowest BCUT2D eigenvalue weighted by Gasteiger charge is -2.20. The summed E-state index contributed by atoms with van der Waals surface area (Å²) in [4.78, 5) is 28.9. The zero-order valence-electron chi connectivity index (χ0n) is 16.5. The van der Waals surface area contributed by atoms with Crippen molar-refractivity contribution in [3.8, 4) is 5.75 Å². The van der Waals surface area contributed by atoms with Crippen LogP contribution in [0.15, 0.2) is 53.6 Å². The molecule has 0 spiro atoms. The van der Waals surface area contributed by atoms with Crippen LogP contribution in [0.2, 0.25) is 10.0 Å². The highest BCUT2D eigenvalue weighted by Gasteiger charge is 2.27. The van der Waals surface area contributed by atoms with Gasteiger partial charge < -0.3 is 10.1 Å². The molecule has 1 aromatic heterocycles. The number of aromatic nitrogens is 1. The number of aryl methyl sites for hydroxylation is 1. The van der Waals surface area contributed by atoms with E-state index >= 15 is 0 Å². The minimum Gasteiger partial charge on any atom is -0.481 e. The smallest absolute Gasteiger partial charge is 0.262 e. The van der Waals surface area contributed by atoms with Crippen molar-refractivity contribution in [3.63, 3.8) is 0 Å². The Kier molecular flexibility index (Phi) is 5.81. The number of ether oxygens (including phenoxy) is 1. The molecule has 0 atom stereocenters. The number of benzene rings is 2. The van der Waals surface area contributed by atoms with Crippen molar-refractivity contribution in [2.45, 2.75) is 11.8 Å². The lowest BCUT2D eigenvalue weighted by atomic mass is 10.0. The number of nitrogens with zero attached hydrogens (tertiary/aromatic N) is 1. The Morgan fingerprint density at radius 3 is 2.72 bits per heavy atom. The minimum absolute atomic E-state index is 0.0408. The number of sulfonamides is 1. The molecule has 2 heterocycles. The minimum atomic E-state index is -4.08. The fourth-order valence-corrected chi connectivity index (χ4v) is 4.52. The molecule has 0 aliphatic carbocycles. The van der Waals surface area contributed by atoms with Crippen LogP contribution in [0.3, 0.4) is 0 Å². The number of ketones is 1. The summed E-state index contributed by atoms with van der Waals surface area (Å²) in [5, 5.41) is 3.17. The first-order chi connectivity index (χ1) is 15.2. The molecular formula is C21H15Cl2N3O5S. The molecule has 3 aromatic rings. The molecule has 0 saturated carbocycles. The molecule has 164 valence electrons. The average molecular weight is 492 g/mol. The molecule has 0 saturated heterocycles. The quantitative estimate of drug-likeness (QED) is 0.520. The summed E-state index contributed by atoms with van der Waals surface area (Å²) < 4.78 is 33.7. The molecule has 32 heavy (non-hydrogen) atoms. The van der Waals surface area contributed by atoms with Crippen LogP contribution >= 0.6 is 23.2 Å². The Morgan fingerprint density at radius 2 is 1.97 bits per heavy atom. The van der Waals surface area contributed by atoms with E-state index in [0.717, 1.165) is 0 Å². The predicted molar refractivity (Wildman–Crippen MR) is 120 cm³/mol. The van der Waals surface area contributed by atoms with Crippen LogP contribution < -0.4 is 14.8 Å². The first kappa shape index (κ1) is 22.1. The largest absolute Gasteiger partial charge is 0.481 e. The summed E-state index contributed by atoms with van der Waals surface area (Å²) in [7, 11) is -4.08. The Morgan fingerprint density at radius 1 is 1.19 bits per heavy atom. The summed E-state index contributed by atoms with van der Waals surface area (Å²) in [6, 6.07) is 10.2. The van der Waals surface area contributed by atoms with Crippen molar-refractivity contribution in [3.05, 3.63) is 75.5 Å². The second kappa shape index (κ2) is 8.42. The third-order valence-corrected chi connectivity index (χ3v) is 6.63. The van der Waals surface area contributed by atoms with Crippen LogP contribution in [0.5, 0.6) is 5.75 Å². The van der Waals surface area contributed by atoms with Gasteiger partial charge in [0.2, 0.25) is 5.78 Å². The Bertz CT molecular complexity index is 1380. The summed E-state index contributed by atoms with van der Waals surface area (Å²) in [6.45, 7) is 1.43. The first-order valence-corrected chi connectivity index (χ1v) is 11.4. The summed E-state index contributed by atoms with van der Waals surface area (Å²) in [5.41, 5.74) is 0.732. The first-order valence-electron chi connectivity index (χ1n) is 9.20. The maximum Gasteiger partial charge on any atom is 0.262 e. The van der Waals surface area contributed by atoms with E-state index in [0.29, 0.717) is 16.3 Å². The lowest BCUT2D eigenvalue weighted by Crippen LogP contribution is -2.26. The van der Waals surface area contributed by atoms with Gasteiger partial charge in [0, 0.05) is 11.2 Å². The third kappa shape index (κ3) is 4.27. The number of carbonyl (C=O) groups excluding carboxylic acids is 2. The van der Waals surface area contributed by atoms with Gasteiger partial charge in [0.25, 0.3) is 15.9 Å². The van der Waals surface area contributed by atoms with Crippen LogP contribution in [0.1, 0.15) is 21.6 Å². The van der Waals surface area contributed by atoms with Gasteiger partial charge in [-0.2, -0.15) is 0 Å². The zero-order valence-corrected chi connectivity index (χ0v) is 18.8. The maximum atomic E-state index is 13.3. The van der Waals surface area contributed by atoms with E-state index in [9.17, 15) is 18.0 Å². The zero-order chi connectivity index (χ0) is 23.0. The van der Waals surface area contributed by atoms with Crippen LogP contribution in [-0.4, -0.2) is 31.7 Å². The molecule has 8 nitrogen and oxygen atoms in total. The number of hydrogen-bond donors (Lipinski definition) is 2. The fourth-order valence-electron chi connectivity index (χ4n) is 3.11.